The van der Waals surface area contributed by atoms with Gasteiger partial charge < -0.3 is 10.6 Å². The molecule has 0 unspecified atom stereocenters. The van der Waals surface area contributed by atoms with Gasteiger partial charge in [-0.3, -0.25) is 4.79 Å². The Hall–Kier alpha value is -1.72. The van der Waals surface area contributed by atoms with Gasteiger partial charge >= 0.3 is 0 Å². The molecule has 4 nitrogen and oxygen atoms in total. The van der Waals surface area contributed by atoms with E-state index in [1.54, 1.807) is 11.3 Å². The Bertz CT molecular complexity index is 742. The molecular weight excluding hydrogens is 318 g/mol. The molecule has 2 N–H and O–H groups in total. The van der Waals surface area contributed by atoms with E-state index >= 15 is 0 Å². The number of carbonyl (C=O) groups is 1. The summed E-state index contributed by atoms with van der Waals surface area (Å²) in [5.74, 6) is 0.700. The molecule has 126 valence electrons. The monoisotopic (exact) mass is 341 g/mol. The molecule has 1 aromatic carbocycles. The molecule has 1 aliphatic heterocycles. The maximum absolute atomic E-state index is 13.4. The maximum atomic E-state index is 13.4. The highest BCUT2D eigenvalue weighted by atomic mass is 32.1. The number of nitrogens with two attached hydrogens (primary N) is 1. The lowest BCUT2D eigenvalue weighted by Gasteiger charge is -2.29. The van der Waals surface area contributed by atoms with Crippen molar-refractivity contribution in [3.05, 3.63) is 41.0 Å². The summed E-state index contributed by atoms with van der Waals surface area (Å²) in [7, 11) is 0. The summed E-state index contributed by atoms with van der Waals surface area (Å²) >= 11 is 1.60. The van der Waals surface area contributed by atoms with E-state index in [0.717, 1.165) is 28.3 Å². The first-order valence-corrected chi connectivity index (χ1v) is 9.56. The van der Waals surface area contributed by atoms with Crippen LogP contribution in [0.5, 0.6) is 0 Å². The number of hydrogen-bond donors (Lipinski definition) is 1. The highest BCUT2D eigenvalue weighted by Gasteiger charge is 2.46. The molecule has 0 spiro atoms. The number of amides is 1. The van der Waals surface area contributed by atoms with Gasteiger partial charge in [0, 0.05) is 18.6 Å². The third kappa shape index (κ3) is 2.56. The first kappa shape index (κ1) is 15.8. The van der Waals surface area contributed by atoms with Crippen molar-refractivity contribution in [2.45, 2.75) is 44.7 Å². The summed E-state index contributed by atoms with van der Waals surface area (Å²) in [4.78, 5) is 21.0. The molecule has 0 radical (unpaired) electrons. The molecule has 1 saturated heterocycles. The molecule has 1 amide bonds. The first-order chi connectivity index (χ1) is 11.7. The fourth-order valence-corrected chi connectivity index (χ4v) is 5.31. The number of rotatable bonds is 3. The average molecular weight is 341 g/mol. The van der Waals surface area contributed by atoms with Gasteiger partial charge in [0.2, 0.25) is 0 Å². The zero-order chi connectivity index (χ0) is 16.7. The second-order valence-electron chi connectivity index (χ2n) is 6.87. The highest BCUT2D eigenvalue weighted by Crippen LogP contribution is 2.42. The van der Waals surface area contributed by atoms with Gasteiger partial charge in [-0.2, -0.15) is 0 Å². The summed E-state index contributed by atoms with van der Waals surface area (Å²) in [5, 5.41) is 0.934. The molecular formula is C19H23N3OS. The summed E-state index contributed by atoms with van der Waals surface area (Å²) in [6.07, 6.45) is 4.61. The molecule has 1 saturated carbocycles. The van der Waals surface area contributed by atoms with Crippen molar-refractivity contribution in [2.24, 2.45) is 11.7 Å². The molecule has 2 aliphatic rings. The fourth-order valence-electron chi connectivity index (χ4n) is 4.40. The predicted octanol–water partition coefficient (Wildman–Crippen LogP) is 3.46. The molecule has 0 bridgehead atoms. The number of nitrogens with zero attached hydrogens (tertiary/aromatic N) is 2. The van der Waals surface area contributed by atoms with Crippen molar-refractivity contribution < 1.29 is 4.79 Å². The van der Waals surface area contributed by atoms with Gasteiger partial charge in [0.15, 0.2) is 0 Å². The van der Waals surface area contributed by atoms with Crippen LogP contribution in [0.4, 0.5) is 0 Å². The quantitative estimate of drug-likeness (QED) is 0.930. The molecule has 24 heavy (non-hydrogen) atoms. The molecule has 2 heterocycles. The van der Waals surface area contributed by atoms with Crippen LogP contribution in [0.2, 0.25) is 0 Å². The smallest absolute Gasteiger partial charge is 0.274 e. The summed E-state index contributed by atoms with van der Waals surface area (Å²) < 4.78 is 0. The molecule has 5 heteroatoms. The lowest BCUT2D eigenvalue weighted by Crippen LogP contribution is -2.44. The van der Waals surface area contributed by atoms with Crippen LogP contribution in [-0.4, -0.2) is 34.4 Å². The zero-order valence-electron chi connectivity index (χ0n) is 13.9. The van der Waals surface area contributed by atoms with Crippen molar-refractivity contribution >= 4 is 17.2 Å². The lowest BCUT2D eigenvalue weighted by atomic mass is 10.0. The maximum Gasteiger partial charge on any atom is 0.274 e. The van der Waals surface area contributed by atoms with Crippen molar-refractivity contribution in [3.8, 4) is 10.4 Å². The standard InChI is InChI=1S/C19H23N3OS/c1-12-21-17(18(24-12)13-6-3-2-4-7-13)19(23)22-15(11-20)10-14-8-5-9-16(14)22/h2-4,6-7,14-16H,5,8-11,20H2,1H3/t14-,15-,16-/m0/s1. The summed E-state index contributed by atoms with van der Waals surface area (Å²) in [6.45, 7) is 2.51. The Morgan fingerprint density at radius 1 is 1.33 bits per heavy atom. The van der Waals surface area contributed by atoms with Crippen LogP contribution in [0, 0.1) is 12.8 Å². The topological polar surface area (TPSA) is 59.2 Å². The minimum absolute atomic E-state index is 0.0723. The molecule has 1 aromatic heterocycles. The highest BCUT2D eigenvalue weighted by molar-refractivity contribution is 7.15. The number of likely N-dealkylation sites (tertiary alicyclic amines) is 1. The van der Waals surface area contributed by atoms with E-state index in [4.69, 9.17) is 5.73 Å². The van der Waals surface area contributed by atoms with Gasteiger partial charge in [-0.1, -0.05) is 36.8 Å². The third-order valence-electron chi connectivity index (χ3n) is 5.42. The van der Waals surface area contributed by atoms with Crippen LogP contribution in [0.15, 0.2) is 30.3 Å². The lowest BCUT2D eigenvalue weighted by molar-refractivity contribution is 0.0660. The second-order valence-corrected chi connectivity index (χ2v) is 8.08. The number of fused-ring (bicyclic) bond motifs is 1. The van der Waals surface area contributed by atoms with Gasteiger partial charge in [0.1, 0.15) is 5.69 Å². The summed E-state index contributed by atoms with van der Waals surface area (Å²) in [5.41, 5.74) is 7.66. The molecule has 1 aliphatic carbocycles. The Kier molecular flexibility index (Phi) is 4.14. The Labute approximate surface area is 146 Å². The normalized spacial score (nSPS) is 25.9. The first-order valence-electron chi connectivity index (χ1n) is 8.74. The van der Waals surface area contributed by atoms with Crippen LogP contribution >= 0.6 is 11.3 Å². The number of benzene rings is 1. The molecule has 4 rings (SSSR count). The van der Waals surface area contributed by atoms with E-state index in [1.165, 1.54) is 12.8 Å². The van der Waals surface area contributed by atoms with Crippen LogP contribution in [0.1, 0.15) is 41.2 Å². The third-order valence-corrected chi connectivity index (χ3v) is 6.44. The van der Waals surface area contributed by atoms with E-state index in [9.17, 15) is 4.79 Å². The molecule has 2 fully saturated rings. The van der Waals surface area contributed by atoms with Crippen LogP contribution in [0.25, 0.3) is 10.4 Å². The Morgan fingerprint density at radius 2 is 2.12 bits per heavy atom. The Morgan fingerprint density at radius 3 is 2.88 bits per heavy atom. The minimum Gasteiger partial charge on any atom is -0.330 e. The van der Waals surface area contributed by atoms with Crippen molar-refractivity contribution in [3.63, 3.8) is 0 Å². The van der Waals surface area contributed by atoms with E-state index < -0.39 is 0 Å². The van der Waals surface area contributed by atoms with E-state index in [1.807, 2.05) is 37.3 Å². The average Bonchev–Trinajstić information content (AvgIpc) is 3.28. The second kappa shape index (κ2) is 6.30. The minimum atomic E-state index is 0.0723. The van der Waals surface area contributed by atoms with Crippen LogP contribution in [0.3, 0.4) is 0 Å². The predicted molar refractivity (Wildman–Crippen MR) is 97.0 cm³/mol. The van der Waals surface area contributed by atoms with Crippen molar-refractivity contribution in [1.82, 2.24) is 9.88 Å². The fraction of sp³-hybridized carbons (Fsp3) is 0.474. The van der Waals surface area contributed by atoms with Crippen LogP contribution in [-0.2, 0) is 0 Å². The number of aryl methyl sites for hydroxylation is 1. The van der Waals surface area contributed by atoms with E-state index in [0.29, 0.717) is 24.2 Å². The Balaban J connectivity index is 1.72. The number of thiazole rings is 1. The van der Waals surface area contributed by atoms with Gasteiger partial charge in [-0.15, -0.1) is 11.3 Å². The number of aromatic nitrogens is 1. The largest absolute Gasteiger partial charge is 0.330 e. The van der Waals surface area contributed by atoms with Gasteiger partial charge in [-0.25, -0.2) is 4.98 Å². The molecule has 3 atom stereocenters. The van der Waals surface area contributed by atoms with Gasteiger partial charge in [0.25, 0.3) is 5.91 Å². The SMILES string of the molecule is Cc1nc(C(=O)N2[C@H](CN)C[C@@H]3CCC[C@@H]32)c(-c2ccccc2)s1. The van der Waals surface area contributed by atoms with E-state index in [-0.39, 0.29) is 11.9 Å². The summed E-state index contributed by atoms with van der Waals surface area (Å²) in [6, 6.07) is 10.6. The number of hydrogen-bond acceptors (Lipinski definition) is 4. The van der Waals surface area contributed by atoms with E-state index in [2.05, 4.69) is 9.88 Å². The van der Waals surface area contributed by atoms with Crippen LogP contribution < -0.4 is 5.73 Å². The van der Waals surface area contributed by atoms with Gasteiger partial charge in [0.05, 0.1) is 9.88 Å². The molecule has 2 aromatic rings. The number of carbonyl (C=O) groups excluding carboxylic acids is 1. The van der Waals surface area contributed by atoms with Crippen molar-refractivity contribution in [1.29, 1.82) is 0 Å². The zero-order valence-corrected chi connectivity index (χ0v) is 14.8. The van der Waals surface area contributed by atoms with Crippen molar-refractivity contribution in [2.75, 3.05) is 6.54 Å². The van der Waals surface area contributed by atoms with Gasteiger partial charge in [-0.05, 0) is 37.7 Å².